The lowest BCUT2D eigenvalue weighted by Crippen LogP contribution is -2.43. The normalized spacial score (nSPS) is 16.9. The number of nitrogens with zero attached hydrogens (tertiary/aromatic N) is 2. The Bertz CT molecular complexity index is 1260. The topological polar surface area (TPSA) is 71.1 Å². The highest BCUT2D eigenvalue weighted by molar-refractivity contribution is 7.99. The van der Waals surface area contributed by atoms with E-state index in [-0.39, 0.29) is 36.9 Å². The van der Waals surface area contributed by atoms with Gasteiger partial charge < -0.3 is 24.6 Å². The van der Waals surface area contributed by atoms with Gasteiger partial charge in [0.2, 0.25) is 5.91 Å². The van der Waals surface area contributed by atoms with Crippen molar-refractivity contribution in [2.24, 2.45) is 0 Å². The fourth-order valence-electron chi connectivity index (χ4n) is 4.19. The highest BCUT2D eigenvalue weighted by Gasteiger charge is 2.46. The van der Waals surface area contributed by atoms with Gasteiger partial charge in [-0.05, 0) is 35.9 Å². The number of halogens is 6. The predicted octanol–water partition coefficient (Wildman–Crippen LogP) is 5.61. The molecule has 0 unspecified atom stereocenters. The monoisotopic (exact) mass is 589 g/mol. The second kappa shape index (κ2) is 12.5. The molecule has 2 saturated heterocycles. The summed E-state index contributed by atoms with van der Waals surface area (Å²) in [5, 5.41) is 2.64. The Kier molecular flexibility index (Phi) is 9.31. The zero-order valence-electron chi connectivity index (χ0n) is 21.0. The van der Waals surface area contributed by atoms with Crippen LogP contribution in [0.1, 0.15) is 16.7 Å². The zero-order valence-corrected chi connectivity index (χ0v) is 21.8. The minimum Gasteiger partial charge on any atom is -0.378 e. The van der Waals surface area contributed by atoms with Crippen molar-refractivity contribution in [2.45, 2.75) is 22.1 Å². The van der Waals surface area contributed by atoms with E-state index < -0.39 is 45.9 Å². The predicted molar refractivity (Wildman–Crippen MR) is 135 cm³/mol. The lowest BCUT2D eigenvalue weighted by atomic mass is 9.99. The number of anilines is 1. The number of hydrogen-bond acceptors (Lipinski definition) is 5. The van der Waals surface area contributed by atoms with Crippen LogP contribution in [0.2, 0.25) is 0 Å². The fourth-order valence-corrected chi connectivity index (χ4v) is 5.24. The summed E-state index contributed by atoms with van der Waals surface area (Å²) in [6.45, 7) is 2.46. The maximum atomic E-state index is 14.2. The molecule has 2 aromatic rings. The number of amides is 3. The van der Waals surface area contributed by atoms with Gasteiger partial charge in [-0.2, -0.15) is 26.3 Å². The van der Waals surface area contributed by atoms with Crippen molar-refractivity contribution in [2.75, 3.05) is 57.9 Å². The van der Waals surface area contributed by atoms with Crippen molar-refractivity contribution < 1.29 is 45.4 Å². The average molecular weight is 590 g/mol. The van der Waals surface area contributed by atoms with E-state index in [1.54, 1.807) is 0 Å². The number of carbonyl (C=O) groups is 2. The zero-order chi connectivity index (χ0) is 28.9. The number of urea groups is 1. The van der Waals surface area contributed by atoms with Gasteiger partial charge in [-0.1, -0.05) is 23.9 Å². The van der Waals surface area contributed by atoms with Gasteiger partial charge in [0.25, 0.3) is 0 Å². The van der Waals surface area contributed by atoms with Crippen molar-refractivity contribution in [3.8, 4) is 0 Å². The van der Waals surface area contributed by atoms with Crippen LogP contribution < -0.4 is 5.32 Å². The van der Waals surface area contributed by atoms with Gasteiger partial charge in [0, 0.05) is 47.7 Å². The molecule has 40 heavy (non-hydrogen) atoms. The summed E-state index contributed by atoms with van der Waals surface area (Å²) in [6, 6.07) is 7.23. The summed E-state index contributed by atoms with van der Waals surface area (Å²) in [4.78, 5) is 27.2. The minimum absolute atomic E-state index is 0.184. The SMILES string of the molecule is O=C(/C=C/c1ccc(Sc2cccc(NC(=O)N3CCOCC3)c2)c(C(F)(F)F)c1C(F)(F)F)N1CCOCC1. The van der Waals surface area contributed by atoms with Crippen LogP contribution in [0.4, 0.5) is 36.8 Å². The second-order valence-electron chi connectivity index (χ2n) is 8.83. The molecule has 4 rings (SSSR count). The summed E-state index contributed by atoms with van der Waals surface area (Å²) in [7, 11) is 0. The number of morpholine rings is 2. The lowest BCUT2D eigenvalue weighted by Gasteiger charge is -2.27. The number of alkyl halides is 6. The van der Waals surface area contributed by atoms with Crippen LogP contribution in [0.5, 0.6) is 0 Å². The molecule has 1 N–H and O–H groups in total. The van der Waals surface area contributed by atoms with E-state index >= 15 is 0 Å². The van der Waals surface area contributed by atoms with E-state index in [9.17, 15) is 35.9 Å². The molecule has 0 aromatic heterocycles. The fraction of sp³-hybridized carbons (Fsp3) is 0.385. The van der Waals surface area contributed by atoms with Gasteiger partial charge in [0.15, 0.2) is 0 Å². The van der Waals surface area contributed by atoms with Crippen LogP contribution in [0.25, 0.3) is 6.08 Å². The number of rotatable bonds is 5. The third-order valence-electron chi connectivity index (χ3n) is 6.11. The molecule has 14 heteroatoms. The van der Waals surface area contributed by atoms with Crippen molar-refractivity contribution in [3.05, 3.63) is 59.2 Å². The van der Waals surface area contributed by atoms with Crippen LogP contribution in [0.3, 0.4) is 0 Å². The summed E-state index contributed by atoms with van der Waals surface area (Å²) in [5.74, 6) is -0.626. The van der Waals surface area contributed by atoms with Gasteiger partial charge in [-0.15, -0.1) is 0 Å². The molecule has 2 heterocycles. The van der Waals surface area contributed by atoms with Gasteiger partial charge in [-0.3, -0.25) is 4.79 Å². The third kappa shape index (κ3) is 7.49. The highest BCUT2D eigenvalue weighted by Crippen LogP contribution is 2.48. The number of benzene rings is 2. The van der Waals surface area contributed by atoms with Crippen LogP contribution in [0, 0.1) is 0 Å². The molecule has 0 saturated carbocycles. The van der Waals surface area contributed by atoms with E-state index in [1.165, 1.54) is 34.1 Å². The van der Waals surface area contributed by atoms with Gasteiger partial charge >= 0.3 is 18.4 Å². The van der Waals surface area contributed by atoms with Crippen molar-refractivity contribution in [1.29, 1.82) is 0 Å². The molecule has 0 bridgehead atoms. The van der Waals surface area contributed by atoms with E-state index in [4.69, 9.17) is 9.47 Å². The van der Waals surface area contributed by atoms with Crippen molar-refractivity contribution in [1.82, 2.24) is 9.80 Å². The van der Waals surface area contributed by atoms with Gasteiger partial charge in [-0.25, -0.2) is 4.79 Å². The summed E-state index contributed by atoms with van der Waals surface area (Å²) in [5.41, 5.74) is -4.24. The summed E-state index contributed by atoms with van der Waals surface area (Å²) in [6.07, 6.45) is -9.12. The lowest BCUT2D eigenvalue weighted by molar-refractivity contribution is -0.163. The molecule has 2 aliphatic heterocycles. The van der Waals surface area contributed by atoms with Crippen molar-refractivity contribution in [3.63, 3.8) is 0 Å². The maximum Gasteiger partial charge on any atom is 0.418 e. The number of nitrogens with one attached hydrogen (secondary N) is 1. The smallest absolute Gasteiger partial charge is 0.378 e. The molecule has 0 radical (unpaired) electrons. The molecule has 0 atom stereocenters. The Labute approximate surface area is 230 Å². The maximum absolute atomic E-state index is 14.2. The van der Waals surface area contributed by atoms with E-state index in [0.717, 1.165) is 24.3 Å². The molecule has 2 aromatic carbocycles. The first-order chi connectivity index (χ1) is 18.9. The van der Waals surface area contributed by atoms with Crippen LogP contribution in [-0.4, -0.2) is 74.3 Å². The molecule has 216 valence electrons. The first-order valence-electron chi connectivity index (χ1n) is 12.2. The quantitative estimate of drug-likeness (QED) is 0.363. The van der Waals surface area contributed by atoms with E-state index in [0.29, 0.717) is 38.1 Å². The van der Waals surface area contributed by atoms with Crippen LogP contribution in [-0.2, 0) is 26.6 Å². The Morgan fingerprint density at radius 3 is 2.02 bits per heavy atom. The molecular weight excluding hydrogens is 564 g/mol. The van der Waals surface area contributed by atoms with E-state index in [2.05, 4.69) is 5.32 Å². The third-order valence-corrected chi connectivity index (χ3v) is 7.16. The second-order valence-corrected chi connectivity index (χ2v) is 9.94. The first kappa shape index (κ1) is 29.7. The molecule has 3 amide bonds. The largest absolute Gasteiger partial charge is 0.418 e. The van der Waals surface area contributed by atoms with Gasteiger partial charge in [0.1, 0.15) is 0 Å². The number of hydrogen-bond donors (Lipinski definition) is 1. The summed E-state index contributed by atoms with van der Waals surface area (Å²) < 4.78 is 95.1. The standard InChI is InChI=1S/C26H25F6N3O4S/c27-25(28,29)22-17(5-7-21(36)34-8-12-38-13-9-34)4-6-20(23(22)26(30,31)32)40-19-3-1-2-18(16-19)33-24(37)35-10-14-39-15-11-35/h1-7,16H,8-15H2,(H,33,37)/b7-5+. The molecular formula is C26H25F6N3O4S. The molecule has 7 nitrogen and oxygen atoms in total. The number of carbonyl (C=O) groups excluding carboxylic acids is 2. The Morgan fingerprint density at radius 1 is 0.825 bits per heavy atom. The highest BCUT2D eigenvalue weighted by atomic mass is 32.2. The Balaban J connectivity index is 1.63. The first-order valence-corrected chi connectivity index (χ1v) is 13.0. The molecule has 2 fully saturated rings. The Morgan fingerprint density at radius 2 is 1.43 bits per heavy atom. The molecule has 0 spiro atoms. The summed E-state index contributed by atoms with van der Waals surface area (Å²) >= 11 is 0.486. The van der Waals surface area contributed by atoms with Crippen LogP contribution >= 0.6 is 11.8 Å². The van der Waals surface area contributed by atoms with Gasteiger partial charge in [0.05, 0.1) is 37.6 Å². The number of ether oxygens (including phenoxy) is 2. The van der Waals surface area contributed by atoms with Crippen LogP contribution in [0.15, 0.2) is 52.3 Å². The van der Waals surface area contributed by atoms with Crippen molar-refractivity contribution >= 4 is 35.5 Å². The minimum atomic E-state index is -5.36. The molecule has 2 aliphatic rings. The Hall–Kier alpha value is -3.23. The van der Waals surface area contributed by atoms with E-state index in [1.807, 2.05) is 0 Å². The average Bonchev–Trinajstić information content (AvgIpc) is 2.92. The molecule has 0 aliphatic carbocycles.